The van der Waals surface area contributed by atoms with Crippen LogP contribution in [0.4, 0.5) is 0 Å². The molecule has 0 aliphatic carbocycles. The van der Waals surface area contributed by atoms with E-state index in [0.717, 1.165) is 17.7 Å². The van der Waals surface area contributed by atoms with Crippen LogP contribution in [0.2, 0.25) is 0 Å². The largest absolute Gasteiger partial charge is 0.494 e. The fourth-order valence-electron chi connectivity index (χ4n) is 2.64. The predicted octanol–water partition coefficient (Wildman–Crippen LogP) is 3.04. The molecule has 0 radical (unpaired) electrons. The number of rotatable bonds is 6. The first-order chi connectivity index (χ1) is 11.2. The number of hydrogen-bond donors (Lipinski definition) is 1. The first-order valence-electron chi connectivity index (χ1n) is 7.70. The van der Waals surface area contributed by atoms with Gasteiger partial charge in [-0.3, -0.25) is 4.79 Å². The molecule has 1 aromatic carbocycles. The quantitative estimate of drug-likeness (QED) is 0.823. The zero-order valence-electron chi connectivity index (χ0n) is 12.9. The Hall–Kier alpha value is -2.15. The lowest BCUT2D eigenvalue weighted by atomic mass is 10.1. The first kappa shape index (κ1) is 15.7. The molecule has 122 valence electrons. The van der Waals surface area contributed by atoms with Crippen molar-refractivity contribution in [1.82, 2.24) is 15.1 Å². The third-order valence-electron chi connectivity index (χ3n) is 3.79. The average molecular weight is 333 g/mol. The summed E-state index contributed by atoms with van der Waals surface area (Å²) in [5.74, 6) is 1.43. The van der Waals surface area contributed by atoms with E-state index in [1.165, 1.54) is 0 Å². The van der Waals surface area contributed by atoms with Gasteiger partial charge in [0.2, 0.25) is 11.8 Å². The lowest BCUT2D eigenvalue weighted by Crippen LogP contribution is -2.24. The van der Waals surface area contributed by atoms with Crippen LogP contribution in [0.15, 0.2) is 28.7 Å². The van der Waals surface area contributed by atoms with Crippen molar-refractivity contribution in [2.75, 3.05) is 13.2 Å². The van der Waals surface area contributed by atoms with Crippen molar-refractivity contribution in [3.63, 3.8) is 0 Å². The Kier molecular flexibility index (Phi) is 4.76. The van der Waals surface area contributed by atoms with E-state index in [2.05, 4.69) is 17.1 Å². The van der Waals surface area contributed by atoms with Crippen molar-refractivity contribution < 1.29 is 13.9 Å². The second-order valence-corrected chi connectivity index (χ2v) is 5.99. The molecule has 0 saturated carbocycles. The van der Waals surface area contributed by atoms with Gasteiger partial charge in [0.1, 0.15) is 5.75 Å². The van der Waals surface area contributed by atoms with Crippen molar-refractivity contribution >= 4 is 18.1 Å². The molecule has 0 spiro atoms. The average Bonchev–Trinajstić information content (AvgIpc) is 3.13. The van der Waals surface area contributed by atoms with Crippen molar-refractivity contribution in [3.8, 4) is 5.75 Å². The Labute approximate surface area is 139 Å². The van der Waals surface area contributed by atoms with E-state index in [1.807, 2.05) is 29.2 Å². The maximum absolute atomic E-state index is 12.2. The maximum Gasteiger partial charge on any atom is 0.284 e. The summed E-state index contributed by atoms with van der Waals surface area (Å²) in [6, 6.07) is 7.86. The van der Waals surface area contributed by atoms with E-state index >= 15 is 0 Å². The monoisotopic (exact) mass is 333 g/mol. The molecule has 1 aliphatic rings. The van der Waals surface area contributed by atoms with Crippen LogP contribution in [0.5, 0.6) is 5.75 Å². The Balaban J connectivity index is 1.61. The minimum Gasteiger partial charge on any atom is -0.494 e. The molecule has 6 nitrogen and oxygen atoms in total. The number of nitrogens with one attached hydrogen (secondary N) is 1. The topological polar surface area (TPSA) is 71.4 Å². The molecule has 1 N–H and O–H groups in total. The molecule has 7 heteroatoms. The van der Waals surface area contributed by atoms with Crippen LogP contribution < -0.4 is 4.74 Å². The summed E-state index contributed by atoms with van der Waals surface area (Å²) in [5, 5.41) is 6.62. The van der Waals surface area contributed by atoms with Crippen molar-refractivity contribution in [2.24, 2.45) is 0 Å². The molecule has 1 saturated heterocycles. The van der Waals surface area contributed by atoms with Crippen molar-refractivity contribution in [3.05, 3.63) is 40.6 Å². The molecule has 3 rings (SSSR count). The van der Waals surface area contributed by atoms with Crippen LogP contribution in [0.3, 0.4) is 0 Å². The highest BCUT2D eigenvalue weighted by molar-refractivity contribution is 7.71. The van der Waals surface area contributed by atoms with Gasteiger partial charge in [0, 0.05) is 19.5 Å². The number of hydrogen-bond acceptors (Lipinski definition) is 5. The van der Waals surface area contributed by atoms with Gasteiger partial charge < -0.3 is 14.1 Å². The lowest BCUT2D eigenvalue weighted by molar-refractivity contribution is -0.128. The van der Waals surface area contributed by atoms with E-state index in [1.54, 1.807) is 0 Å². The molecule has 1 fully saturated rings. The van der Waals surface area contributed by atoms with Gasteiger partial charge in [-0.25, -0.2) is 5.10 Å². The van der Waals surface area contributed by atoms with Crippen LogP contribution in [-0.4, -0.2) is 34.2 Å². The molecule has 1 unspecified atom stereocenters. The van der Waals surface area contributed by atoms with Crippen LogP contribution in [0, 0.1) is 4.84 Å². The van der Waals surface area contributed by atoms with Crippen LogP contribution in [-0.2, 0) is 11.3 Å². The Morgan fingerprint density at radius 1 is 1.43 bits per heavy atom. The number of carbonyl (C=O) groups excluding carboxylic acids is 1. The van der Waals surface area contributed by atoms with Crippen molar-refractivity contribution in [2.45, 2.75) is 32.2 Å². The summed E-state index contributed by atoms with van der Waals surface area (Å²) in [7, 11) is 0. The molecule has 23 heavy (non-hydrogen) atoms. The number of aromatic nitrogens is 2. The van der Waals surface area contributed by atoms with E-state index in [9.17, 15) is 4.79 Å². The summed E-state index contributed by atoms with van der Waals surface area (Å²) in [4.78, 5) is 14.2. The third-order valence-corrected chi connectivity index (χ3v) is 3.96. The molecule has 2 aromatic rings. The molecule has 2 heterocycles. The molecular weight excluding hydrogens is 314 g/mol. The second kappa shape index (κ2) is 6.95. The van der Waals surface area contributed by atoms with Crippen LogP contribution in [0.1, 0.15) is 37.1 Å². The van der Waals surface area contributed by atoms with Gasteiger partial charge in [-0.05, 0) is 36.3 Å². The number of carbonyl (C=O) groups is 1. The summed E-state index contributed by atoms with van der Waals surface area (Å²) in [6.07, 6.45) is 1.39. The van der Waals surface area contributed by atoms with Gasteiger partial charge in [-0.1, -0.05) is 19.1 Å². The number of likely N-dealkylation sites (tertiary alicyclic amines) is 1. The van der Waals surface area contributed by atoms with Gasteiger partial charge >= 0.3 is 0 Å². The molecule has 1 aliphatic heterocycles. The van der Waals surface area contributed by atoms with E-state index in [4.69, 9.17) is 21.4 Å². The second-order valence-electron chi connectivity index (χ2n) is 5.62. The fraction of sp³-hybridized carbons (Fsp3) is 0.438. The molecule has 0 bridgehead atoms. The molecule has 1 aromatic heterocycles. The molecule has 1 atom stereocenters. The van der Waals surface area contributed by atoms with Crippen molar-refractivity contribution in [1.29, 1.82) is 0 Å². The summed E-state index contributed by atoms with van der Waals surface area (Å²) >= 11 is 4.88. The fourth-order valence-corrected chi connectivity index (χ4v) is 2.77. The van der Waals surface area contributed by atoms with E-state index < -0.39 is 0 Å². The van der Waals surface area contributed by atoms with Gasteiger partial charge in [-0.2, -0.15) is 0 Å². The van der Waals surface area contributed by atoms with Gasteiger partial charge in [0.15, 0.2) is 0 Å². The Bertz CT molecular complexity index is 723. The Morgan fingerprint density at radius 3 is 2.87 bits per heavy atom. The minimum absolute atomic E-state index is 0.0392. The number of amides is 1. The number of nitrogens with zero attached hydrogens (tertiary/aromatic N) is 2. The van der Waals surface area contributed by atoms with Crippen LogP contribution in [0.25, 0.3) is 0 Å². The normalized spacial score (nSPS) is 17.7. The summed E-state index contributed by atoms with van der Waals surface area (Å²) < 4.78 is 10.9. The van der Waals surface area contributed by atoms with E-state index in [-0.39, 0.29) is 16.7 Å². The highest BCUT2D eigenvalue weighted by atomic mass is 32.1. The molecule has 1 amide bonds. The standard InChI is InChI=1S/C16H19N3O3S/c1-2-7-21-13-5-3-11(4-6-13)9-19-10-12(8-14(19)20)15-17-18-16(23)22-15/h3-6,12H,2,7-10H2,1H3,(H,18,23). The number of H-pyrrole nitrogens is 1. The summed E-state index contributed by atoms with van der Waals surface area (Å²) in [6.45, 7) is 3.96. The lowest BCUT2D eigenvalue weighted by Gasteiger charge is -2.16. The smallest absolute Gasteiger partial charge is 0.284 e. The number of benzene rings is 1. The zero-order valence-corrected chi connectivity index (χ0v) is 13.8. The minimum atomic E-state index is -0.0392. The number of ether oxygens (including phenoxy) is 1. The highest BCUT2D eigenvalue weighted by Crippen LogP contribution is 2.28. The van der Waals surface area contributed by atoms with E-state index in [0.29, 0.717) is 32.0 Å². The van der Waals surface area contributed by atoms with Gasteiger partial charge in [0.25, 0.3) is 4.84 Å². The Morgan fingerprint density at radius 2 is 2.22 bits per heavy atom. The van der Waals surface area contributed by atoms with Gasteiger partial charge in [0.05, 0.1) is 12.5 Å². The molecular formula is C16H19N3O3S. The number of aromatic amines is 1. The summed E-state index contributed by atoms with van der Waals surface area (Å²) in [5.41, 5.74) is 1.07. The zero-order chi connectivity index (χ0) is 16.2. The SMILES string of the molecule is CCCOc1ccc(CN2CC(c3n[nH]c(=S)o3)CC2=O)cc1. The third kappa shape index (κ3) is 3.79. The van der Waals surface area contributed by atoms with Gasteiger partial charge in [-0.15, -0.1) is 5.10 Å². The predicted molar refractivity (Wildman–Crippen MR) is 86.7 cm³/mol. The van der Waals surface area contributed by atoms with Crippen LogP contribution >= 0.6 is 12.2 Å². The first-order valence-corrected chi connectivity index (χ1v) is 8.11. The highest BCUT2D eigenvalue weighted by Gasteiger charge is 2.33. The maximum atomic E-state index is 12.2.